The maximum Gasteiger partial charge on any atom is 0.238 e. The van der Waals surface area contributed by atoms with Gasteiger partial charge in [-0.2, -0.15) is 9.97 Å². The minimum Gasteiger partial charge on any atom is -0.292 e. The lowest BCUT2D eigenvalue weighted by Gasteiger charge is -2.13. The molecule has 0 spiro atoms. The van der Waals surface area contributed by atoms with Crippen LogP contribution in [0.25, 0.3) is 89.4 Å². The summed E-state index contributed by atoms with van der Waals surface area (Å²) in [5.74, 6) is 2.71. The Labute approximate surface area is 287 Å². The van der Waals surface area contributed by atoms with Crippen LogP contribution in [0.2, 0.25) is 0 Å². The molecule has 10 rings (SSSR count). The monoisotopic (exact) mass is 640 g/mol. The molecule has 0 saturated heterocycles. The van der Waals surface area contributed by atoms with Crippen molar-refractivity contribution < 1.29 is 0 Å². The van der Waals surface area contributed by atoms with E-state index in [4.69, 9.17) is 19.9 Å². The van der Waals surface area contributed by atoms with E-state index in [9.17, 15) is 0 Å². The number of aromatic nitrogens is 6. The Balaban J connectivity index is 1.33. The average molecular weight is 641 g/mol. The van der Waals surface area contributed by atoms with Crippen LogP contribution < -0.4 is 0 Å². The van der Waals surface area contributed by atoms with Gasteiger partial charge >= 0.3 is 0 Å². The van der Waals surface area contributed by atoms with Crippen LogP contribution in [0.5, 0.6) is 0 Å². The summed E-state index contributed by atoms with van der Waals surface area (Å²) < 4.78 is 4.50. The Bertz CT molecular complexity index is 2780. The predicted octanol–water partition coefficient (Wildman–Crippen LogP) is 10.5. The molecule has 234 valence electrons. The van der Waals surface area contributed by atoms with E-state index in [2.05, 4.69) is 106 Å². The molecule has 7 aromatic carbocycles. The van der Waals surface area contributed by atoms with Crippen molar-refractivity contribution in [2.75, 3.05) is 0 Å². The molecule has 0 bridgehead atoms. The zero-order valence-corrected chi connectivity index (χ0v) is 26.8. The first-order valence-corrected chi connectivity index (χ1v) is 16.7. The van der Waals surface area contributed by atoms with Crippen LogP contribution in [0.4, 0.5) is 0 Å². The molecule has 6 heteroatoms. The number of para-hydroxylation sites is 2. The number of fused-ring (bicyclic) bond motifs is 7. The van der Waals surface area contributed by atoms with Gasteiger partial charge in [0.25, 0.3) is 0 Å². The summed E-state index contributed by atoms with van der Waals surface area (Å²) in [7, 11) is 0. The van der Waals surface area contributed by atoms with E-state index >= 15 is 0 Å². The summed E-state index contributed by atoms with van der Waals surface area (Å²) in [4.78, 5) is 20.5. The summed E-state index contributed by atoms with van der Waals surface area (Å²) in [5.41, 5.74) is 8.03. The Kier molecular flexibility index (Phi) is 6.39. The Morgan fingerprint density at radius 3 is 1.48 bits per heavy atom. The fraction of sp³-hybridized carbons (Fsp3) is 0. The van der Waals surface area contributed by atoms with E-state index in [0.29, 0.717) is 17.6 Å². The molecule has 6 nitrogen and oxygen atoms in total. The molecule has 0 aliphatic carbocycles. The second-order valence-electron chi connectivity index (χ2n) is 12.3. The minimum atomic E-state index is 0.568. The molecule has 0 aliphatic rings. The topological polar surface area (TPSA) is 61.4 Å². The predicted molar refractivity (Wildman–Crippen MR) is 203 cm³/mol. The maximum absolute atomic E-state index is 5.23. The largest absolute Gasteiger partial charge is 0.292 e. The Morgan fingerprint density at radius 2 is 0.840 bits per heavy atom. The van der Waals surface area contributed by atoms with Crippen LogP contribution >= 0.6 is 0 Å². The first kappa shape index (κ1) is 28.1. The molecule has 0 amide bonds. The second-order valence-corrected chi connectivity index (χ2v) is 12.3. The van der Waals surface area contributed by atoms with Crippen molar-refractivity contribution in [3.05, 3.63) is 170 Å². The molecule has 10 aromatic rings. The van der Waals surface area contributed by atoms with E-state index in [-0.39, 0.29) is 0 Å². The summed E-state index contributed by atoms with van der Waals surface area (Å²) in [5, 5.41) is 4.45. The molecular weight excluding hydrogens is 613 g/mol. The third-order valence-corrected chi connectivity index (χ3v) is 9.38. The van der Waals surface area contributed by atoms with Gasteiger partial charge in [0.15, 0.2) is 11.6 Å². The van der Waals surface area contributed by atoms with Gasteiger partial charge in [-0.05, 0) is 30.3 Å². The minimum absolute atomic E-state index is 0.568. The third-order valence-electron chi connectivity index (χ3n) is 9.38. The van der Waals surface area contributed by atoms with Gasteiger partial charge < -0.3 is 0 Å². The quantitative estimate of drug-likeness (QED) is 0.188. The van der Waals surface area contributed by atoms with Crippen LogP contribution in [0, 0.1) is 0 Å². The van der Waals surface area contributed by atoms with Gasteiger partial charge in [0.1, 0.15) is 5.82 Å². The van der Waals surface area contributed by atoms with Crippen LogP contribution in [0.1, 0.15) is 0 Å². The smallest absolute Gasteiger partial charge is 0.238 e. The standard InChI is InChI=1S/C44H28N6/c1-5-15-29(16-6-1)41-46-42(30-17-7-2-8-18-30)48-44(47-41)50-38-24-14-13-23-33(38)34-25-26-36-35(39(34)50)27-28-37-40(36)49(32-21-11-4-12-22-32)43(45-37)31-19-9-3-10-20-31/h1-28H. The first-order valence-electron chi connectivity index (χ1n) is 16.7. The number of imidazole rings is 1. The summed E-state index contributed by atoms with van der Waals surface area (Å²) >= 11 is 0. The molecule has 0 fully saturated rings. The zero-order chi connectivity index (χ0) is 33.0. The first-order chi connectivity index (χ1) is 24.8. The maximum atomic E-state index is 5.23. The highest BCUT2D eigenvalue weighted by atomic mass is 15.2. The fourth-order valence-corrected chi connectivity index (χ4v) is 7.15. The van der Waals surface area contributed by atoms with E-state index in [1.54, 1.807) is 0 Å². The van der Waals surface area contributed by atoms with Crippen LogP contribution in [-0.2, 0) is 0 Å². The summed E-state index contributed by atoms with van der Waals surface area (Å²) in [6, 6.07) is 58.4. The number of hydrogen-bond acceptors (Lipinski definition) is 4. The molecule has 0 aliphatic heterocycles. The van der Waals surface area contributed by atoms with Crippen molar-refractivity contribution in [3.8, 4) is 45.8 Å². The highest BCUT2D eigenvalue weighted by Gasteiger charge is 2.22. The Hall–Kier alpha value is -6.92. The van der Waals surface area contributed by atoms with Gasteiger partial charge in [0.2, 0.25) is 5.95 Å². The molecular formula is C44H28N6. The molecule has 0 N–H and O–H groups in total. The lowest BCUT2D eigenvalue weighted by atomic mass is 10.0. The number of benzene rings is 7. The summed E-state index contributed by atoms with van der Waals surface area (Å²) in [6.07, 6.45) is 0. The fourth-order valence-electron chi connectivity index (χ4n) is 7.15. The molecule has 3 heterocycles. The normalized spacial score (nSPS) is 11.6. The van der Waals surface area contributed by atoms with Crippen molar-refractivity contribution in [2.45, 2.75) is 0 Å². The molecule has 50 heavy (non-hydrogen) atoms. The number of hydrogen-bond donors (Lipinski definition) is 0. The van der Waals surface area contributed by atoms with Gasteiger partial charge in [0.05, 0.1) is 22.1 Å². The lowest BCUT2D eigenvalue weighted by Crippen LogP contribution is -2.06. The van der Waals surface area contributed by atoms with Gasteiger partial charge in [-0.1, -0.05) is 140 Å². The SMILES string of the molecule is c1ccc(-c2nc(-c3ccccc3)nc(-n3c4ccccc4c4ccc5c(ccc6nc(-c7ccccc7)n(-c7ccccc7)c65)c43)n2)cc1. The van der Waals surface area contributed by atoms with E-state index in [0.717, 1.165) is 71.8 Å². The van der Waals surface area contributed by atoms with E-state index < -0.39 is 0 Å². The zero-order valence-electron chi connectivity index (χ0n) is 26.8. The van der Waals surface area contributed by atoms with Gasteiger partial charge in [-0.15, -0.1) is 0 Å². The van der Waals surface area contributed by atoms with Crippen molar-refractivity contribution in [3.63, 3.8) is 0 Å². The molecule has 3 aromatic heterocycles. The van der Waals surface area contributed by atoms with Crippen molar-refractivity contribution in [1.82, 2.24) is 29.1 Å². The third kappa shape index (κ3) is 4.43. The average Bonchev–Trinajstić information content (AvgIpc) is 3.76. The lowest BCUT2D eigenvalue weighted by molar-refractivity contribution is 0.955. The van der Waals surface area contributed by atoms with Crippen LogP contribution in [0.15, 0.2) is 170 Å². The van der Waals surface area contributed by atoms with E-state index in [1.807, 2.05) is 72.8 Å². The number of rotatable bonds is 5. The molecule has 0 atom stereocenters. The van der Waals surface area contributed by atoms with Gasteiger partial charge in [-0.3, -0.25) is 9.13 Å². The van der Waals surface area contributed by atoms with Gasteiger partial charge in [0, 0.05) is 43.9 Å². The highest BCUT2D eigenvalue weighted by Crippen LogP contribution is 2.40. The van der Waals surface area contributed by atoms with Crippen molar-refractivity contribution >= 4 is 43.6 Å². The Morgan fingerprint density at radius 1 is 0.340 bits per heavy atom. The van der Waals surface area contributed by atoms with Crippen molar-refractivity contribution in [2.24, 2.45) is 0 Å². The second kappa shape index (κ2) is 11.4. The van der Waals surface area contributed by atoms with Gasteiger partial charge in [-0.25, -0.2) is 9.97 Å². The summed E-state index contributed by atoms with van der Waals surface area (Å²) in [6.45, 7) is 0. The van der Waals surface area contributed by atoms with Crippen LogP contribution in [-0.4, -0.2) is 29.1 Å². The van der Waals surface area contributed by atoms with Crippen molar-refractivity contribution in [1.29, 1.82) is 0 Å². The number of nitrogens with zero attached hydrogens (tertiary/aromatic N) is 6. The molecule has 0 radical (unpaired) electrons. The molecule has 0 unspecified atom stereocenters. The van der Waals surface area contributed by atoms with Crippen LogP contribution in [0.3, 0.4) is 0 Å². The highest BCUT2D eigenvalue weighted by molar-refractivity contribution is 6.22. The van der Waals surface area contributed by atoms with E-state index in [1.165, 1.54) is 0 Å². The molecule has 0 saturated carbocycles.